The highest BCUT2D eigenvalue weighted by molar-refractivity contribution is 5.91. The summed E-state index contributed by atoms with van der Waals surface area (Å²) < 4.78 is 7.77. The number of likely N-dealkylation sites (tertiary alicyclic amines) is 1. The van der Waals surface area contributed by atoms with Gasteiger partial charge in [0.1, 0.15) is 12.1 Å². The zero-order valence-corrected chi connectivity index (χ0v) is 28.5. The molecule has 0 spiro atoms. The van der Waals surface area contributed by atoms with Gasteiger partial charge in [0.05, 0.1) is 5.56 Å². The van der Waals surface area contributed by atoms with Crippen molar-refractivity contribution in [2.24, 2.45) is 11.7 Å². The van der Waals surface area contributed by atoms with Crippen LogP contribution in [0.25, 0.3) is 11.1 Å². The molecule has 1 atom stereocenters. The van der Waals surface area contributed by atoms with Crippen LogP contribution in [0.3, 0.4) is 0 Å². The number of carbonyl (C=O) groups excluding carboxylic acids is 3. The normalized spacial score (nSPS) is 16.1. The third-order valence-corrected chi connectivity index (χ3v) is 10.2. The number of nitrogens with two attached hydrogens (primary N) is 1. The van der Waals surface area contributed by atoms with E-state index in [-0.39, 0.29) is 37.0 Å². The number of primary amides is 1. The number of urea groups is 1. The third kappa shape index (κ3) is 7.32. The predicted octanol–water partition coefficient (Wildman–Crippen LogP) is 4.28. The summed E-state index contributed by atoms with van der Waals surface area (Å²) >= 11 is 0. The largest absolute Gasteiger partial charge is 0.443 e. The van der Waals surface area contributed by atoms with E-state index in [2.05, 4.69) is 5.32 Å². The molecule has 0 aliphatic carbocycles. The van der Waals surface area contributed by atoms with Crippen LogP contribution in [0.1, 0.15) is 56.7 Å². The molecule has 0 bridgehead atoms. The monoisotopic (exact) mass is 658 g/mol. The SMILES string of the molecule is Cc1cccc(-c2cn(CC(=O)N3CCC(N4CCc5ccccc5NC4=O)CC3)c(=O)n(CCC(C)C(C)(C)OC(N)=O)c2=O)c1C. The van der Waals surface area contributed by atoms with E-state index in [0.717, 1.165) is 28.8 Å². The number of aryl methyl sites for hydroxylation is 1. The molecule has 0 radical (unpaired) electrons. The van der Waals surface area contributed by atoms with Gasteiger partial charge in [0.2, 0.25) is 5.91 Å². The fourth-order valence-corrected chi connectivity index (χ4v) is 6.63. The first-order valence-electron chi connectivity index (χ1n) is 16.6. The van der Waals surface area contributed by atoms with Crippen LogP contribution in [-0.2, 0) is 29.0 Å². The molecule has 3 N–H and O–H groups in total. The average molecular weight is 659 g/mol. The Morgan fingerprint density at radius 2 is 1.71 bits per heavy atom. The number of para-hydroxylation sites is 1. The number of ether oxygens (including phenoxy) is 1. The topological polar surface area (TPSA) is 149 Å². The van der Waals surface area contributed by atoms with Gasteiger partial charge < -0.3 is 25.6 Å². The molecule has 1 fully saturated rings. The maximum absolute atomic E-state index is 13.9. The van der Waals surface area contributed by atoms with Crippen LogP contribution in [0.2, 0.25) is 0 Å². The molecule has 48 heavy (non-hydrogen) atoms. The third-order valence-electron chi connectivity index (χ3n) is 10.2. The van der Waals surface area contributed by atoms with Crippen molar-refractivity contribution in [3.8, 4) is 11.1 Å². The van der Waals surface area contributed by atoms with E-state index in [4.69, 9.17) is 10.5 Å². The van der Waals surface area contributed by atoms with Gasteiger partial charge in [0.25, 0.3) is 5.56 Å². The van der Waals surface area contributed by atoms with E-state index < -0.39 is 22.9 Å². The second-order valence-electron chi connectivity index (χ2n) is 13.5. The Labute approximate surface area is 280 Å². The number of piperidine rings is 1. The van der Waals surface area contributed by atoms with Gasteiger partial charge >= 0.3 is 17.8 Å². The van der Waals surface area contributed by atoms with Gasteiger partial charge in [-0.15, -0.1) is 0 Å². The number of amides is 4. The van der Waals surface area contributed by atoms with Gasteiger partial charge in [-0.2, -0.15) is 0 Å². The molecule has 256 valence electrons. The number of benzene rings is 2. The van der Waals surface area contributed by atoms with E-state index in [9.17, 15) is 24.0 Å². The van der Waals surface area contributed by atoms with Gasteiger partial charge in [0, 0.05) is 44.1 Å². The Hall–Kier alpha value is -4.87. The van der Waals surface area contributed by atoms with Gasteiger partial charge in [-0.1, -0.05) is 43.3 Å². The summed E-state index contributed by atoms with van der Waals surface area (Å²) in [5.74, 6) is -0.470. The molecule has 5 rings (SSSR count). The van der Waals surface area contributed by atoms with Crippen LogP contribution in [0, 0.1) is 19.8 Å². The summed E-state index contributed by atoms with van der Waals surface area (Å²) in [6.07, 6.45) is 2.95. The summed E-state index contributed by atoms with van der Waals surface area (Å²) in [6, 6.07) is 13.3. The predicted molar refractivity (Wildman–Crippen MR) is 184 cm³/mol. The van der Waals surface area contributed by atoms with Crippen molar-refractivity contribution in [2.75, 3.05) is 25.0 Å². The van der Waals surface area contributed by atoms with Crippen molar-refractivity contribution >= 4 is 23.7 Å². The molecule has 3 aromatic rings. The van der Waals surface area contributed by atoms with E-state index in [0.29, 0.717) is 50.0 Å². The summed E-state index contributed by atoms with van der Waals surface area (Å²) in [5.41, 5.74) is 8.17. The molecule has 12 nitrogen and oxygen atoms in total. The zero-order valence-electron chi connectivity index (χ0n) is 28.5. The highest BCUT2D eigenvalue weighted by atomic mass is 16.6. The van der Waals surface area contributed by atoms with Crippen molar-refractivity contribution in [1.82, 2.24) is 18.9 Å². The van der Waals surface area contributed by atoms with Crippen LogP contribution in [0.4, 0.5) is 15.3 Å². The van der Waals surface area contributed by atoms with E-state index >= 15 is 0 Å². The first-order chi connectivity index (χ1) is 22.8. The minimum absolute atomic E-state index is 0.00586. The Bertz CT molecular complexity index is 1820. The first-order valence-corrected chi connectivity index (χ1v) is 16.6. The maximum atomic E-state index is 13.9. The molecule has 3 heterocycles. The van der Waals surface area contributed by atoms with Crippen molar-refractivity contribution in [2.45, 2.75) is 85.0 Å². The van der Waals surface area contributed by atoms with Crippen molar-refractivity contribution in [1.29, 1.82) is 0 Å². The van der Waals surface area contributed by atoms with E-state index in [1.165, 1.54) is 15.3 Å². The van der Waals surface area contributed by atoms with Crippen LogP contribution in [-0.4, -0.2) is 68.2 Å². The molecular formula is C36H46N6O6. The number of rotatable bonds is 9. The van der Waals surface area contributed by atoms with Crippen LogP contribution in [0.15, 0.2) is 58.3 Å². The Balaban J connectivity index is 1.35. The molecular weight excluding hydrogens is 612 g/mol. The fraction of sp³-hybridized carbons (Fsp3) is 0.472. The number of hydrogen-bond acceptors (Lipinski definition) is 6. The van der Waals surface area contributed by atoms with Crippen LogP contribution < -0.4 is 22.3 Å². The molecule has 12 heteroatoms. The number of nitrogens with one attached hydrogen (secondary N) is 1. The minimum atomic E-state index is -0.917. The van der Waals surface area contributed by atoms with E-state index in [1.807, 2.05) is 68.1 Å². The van der Waals surface area contributed by atoms with Gasteiger partial charge in [-0.3, -0.25) is 18.7 Å². The number of nitrogens with zero attached hydrogens (tertiary/aromatic N) is 4. The first kappa shape index (κ1) is 34.5. The van der Waals surface area contributed by atoms with E-state index in [1.54, 1.807) is 18.7 Å². The highest BCUT2D eigenvalue weighted by Crippen LogP contribution is 2.27. The number of carbonyl (C=O) groups is 3. The average Bonchev–Trinajstić information content (AvgIpc) is 3.21. The summed E-state index contributed by atoms with van der Waals surface area (Å²) in [7, 11) is 0. The molecule has 2 aliphatic rings. The number of fused-ring (bicyclic) bond motifs is 1. The number of hydrogen-bond donors (Lipinski definition) is 2. The number of aromatic nitrogens is 2. The zero-order chi connectivity index (χ0) is 34.7. The quantitative estimate of drug-likeness (QED) is 0.351. The maximum Gasteiger partial charge on any atom is 0.405 e. The van der Waals surface area contributed by atoms with Gasteiger partial charge in [0.15, 0.2) is 0 Å². The fourth-order valence-electron chi connectivity index (χ4n) is 6.63. The second-order valence-corrected chi connectivity index (χ2v) is 13.5. The Morgan fingerprint density at radius 3 is 2.42 bits per heavy atom. The summed E-state index contributed by atoms with van der Waals surface area (Å²) in [5, 5.41) is 3.03. The molecule has 1 unspecified atom stereocenters. The molecule has 0 saturated carbocycles. The Morgan fingerprint density at radius 1 is 1.00 bits per heavy atom. The molecule has 2 aromatic carbocycles. The second kappa shape index (κ2) is 14.1. The molecule has 2 aliphatic heterocycles. The highest BCUT2D eigenvalue weighted by Gasteiger charge is 2.32. The standard InChI is InChI=1S/C36H46N6O6/c1-23-9-8-11-28(25(23)3)29-21-40(35(47)42(32(29)44)19-13-24(2)36(4,5)48-33(37)45)22-31(43)39-17-15-27(16-18-39)41-20-14-26-10-6-7-12-30(26)38-34(41)46/h6-12,21,24,27H,13-20,22H2,1-5H3,(H2,37,45)(H,38,46). The smallest absolute Gasteiger partial charge is 0.405 e. The minimum Gasteiger partial charge on any atom is -0.443 e. The van der Waals surface area contributed by atoms with Crippen molar-refractivity contribution < 1.29 is 19.1 Å². The molecule has 4 amide bonds. The van der Waals surface area contributed by atoms with Gasteiger partial charge in [-0.05, 0) is 87.6 Å². The van der Waals surface area contributed by atoms with Gasteiger partial charge in [-0.25, -0.2) is 14.4 Å². The van der Waals surface area contributed by atoms with Crippen LogP contribution in [0.5, 0.6) is 0 Å². The number of anilines is 1. The van der Waals surface area contributed by atoms with Crippen molar-refractivity contribution in [3.05, 3.63) is 86.2 Å². The Kier molecular flexibility index (Phi) is 10.1. The lowest BCUT2D eigenvalue weighted by atomic mass is 9.89. The lowest BCUT2D eigenvalue weighted by Gasteiger charge is -2.38. The lowest BCUT2D eigenvalue weighted by Crippen LogP contribution is -2.51. The van der Waals surface area contributed by atoms with Crippen molar-refractivity contribution in [3.63, 3.8) is 0 Å². The lowest BCUT2D eigenvalue weighted by molar-refractivity contribution is -0.133. The molecule has 1 aromatic heterocycles. The summed E-state index contributed by atoms with van der Waals surface area (Å²) in [6.45, 7) is 10.5. The molecule has 1 saturated heterocycles. The van der Waals surface area contributed by atoms with Crippen LogP contribution >= 0.6 is 0 Å². The summed E-state index contributed by atoms with van der Waals surface area (Å²) in [4.78, 5) is 69.4.